The molecule has 6 nitrogen and oxygen atoms in total. The molecule has 0 aromatic carbocycles. The number of amides is 1. The second-order valence-electron chi connectivity index (χ2n) is 3.67. The normalized spacial score (nSPS) is 22.8. The summed E-state index contributed by atoms with van der Waals surface area (Å²) in [6.45, 7) is 7.06. The van der Waals surface area contributed by atoms with Crippen molar-refractivity contribution in [2.24, 2.45) is 5.92 Å². The van der Waals surface area contributed by atoms with Gasteiger partial charge in [0.25, 0.3) is 0 Å². The maximum absolute atomic E-state index is 11.8. The average Bonchev–Trinajstić information content (AvgIpc) is 2.58. The summed E-state index contributed by atoms with van der Waals surface area (Å²) in [5.74, 6) is -0.421. The molecule has 1 aliphatic heterocycles. The van der Waals surface area contributed by atoms with Crippen LogP contribution >= 0.6 is 0 Å². The van der Waals surface area contributed by atoms with Crippen LogP contribution in [0.2, 0.25) is 0 Å². The molecule has 0 N–H and O–H groups in total. The third-order valence-electron chi connectivity index (χ3n) is 2.52. The van der Waals surface area contributed by atoms with Crippen LogP contribution in [0.5, 0.6) is 0 Å². The fourth-order valence-corrected chi connectivity index (χ4v) is 2.49. The van der Waals surface area contributed by atoms with Crippen molar-refractivity contribution in [3.05, 3.63) is 12.7 Å². The second-order valence-corrected chi connectivity index (χ2v) is 4.92. The lowest BCUT2D eigenvalue weighted by atomic mass is 10.1. The highest BCUT2D eigenvalue weighted by Crippen LogP contribution is 2.22. The monoisotopic (exact) mass is 263 g/mol. The van der Waals surface area contributed by atoms with Crippen molar-refractivity contribution in [2.75, 3.05) is 13.2 Å². The predicted octanol–water partition coefficient (Wildman–Crippen LogP) is 0.665. The van der Waals surface area contributed by atoms with E-state index in [1.165, 1.54) is 11.8 Å². The molecule has 0 aromatic rings. The third-order valence-corrected chi connectivity index (χ3v) is 3.56. The van der Waals surface area contributed by atoms with E-state index in [1.54, 1.807) is 13.0 Å². The molecule has 0 spiro atoms. The molecule has 7 heteroatoms. The van der Waals surface area contributed by atoms with Gasteiger partial charge in [-0.1, -0.05) is 6.08 Å². The van der Waals surface area contributed by atoms with Gasteiger partial charge in [-0.3, -0.25) is 4.79 Å². The number of nitrogens with zero attached hydrogens (tertiary/aromatic N) is 1. The molecule has 1 amide bonds. The average molecular weight is 263 g/mol. The zero-order chi connectivity index (χ0) is 13.1. The molecule has 1 fully saturated rings. The minimum atomic E-state index is -4.04. The molecule has 98 valence electrons. The van der Waals surface area contributed by atoms with E-state index < -0.39 is 16.6 Å². The zero-order valence-electron chi connectivity index (χ0n) is 9.96. The highest BCUT2D eigenvalue weighted by molar-refractivity contribution is 7.81. The molecule has 1 aliphatic rings. The summed E-state index contributed by atoms with van der Waals surface area (Å²) in [7, 11) is -4.04. The second kappa shape index (κ2) is 5.61. The molecule has 17 heavy (non-hydrogen) atoms. The molecule has 0 bridgehead atoms. The highest BCUT2D eigenvalue weighted by atomic mass is 32.3. The molecule has 0 radical (unpaired) electrons. The molecule has 2 unspecified atom stereocenters. The summed E-state index contributed by atoms with van der Waals surface area (Å²) in [6.07, 6.45) is 1.33. The van der Waals surface area contributed by atoms with Crippen molar-refractivity contribution in [1.82, 2.24) is 4.90 Å². The SMILES string of the molecule is C=CC1CCN(C(C)OS(=O)(=O)OCC)C1=O. The Morgan fingerprint density at radius 3 is 2.76 bits per heavy atom. The summed E-state index contributed by atoms with van der Waals surface area (Å²) < 4.78 is 31.7. The van der Waals surface area contributed by atoms with Crippen molar-refractivity contribution < 1.29 is 21.6 Å². The van der Waals surface area contributed by atoms with Crippen LogP contribution in [0.25, 0.3) is 0 Å². The summed E-state index contributed by atoms with van der Waals surface area (Å²) in [5, 5.41) is 0. The summed E-state index contributed by atoms with van der Waals surface area (Å²) in [5.41, 5.74) is 0. The Kier molecular flexibility index (Phi) is 4.67. The fourth-order valence-electron chi connectivity index (χ4n) is 1.70. The van der Waals surface area contributed by atoms with Gasteiger partial charge in [-0.15, -0.1) is 6.58 Å². The Morgan fingerprint density at radius 2 is 2.29 bits per heavy atom. The van der Waals surface area contributed by atoms with Crippen molar-refractivity contribution in [1.29, 1.82) is 0 Å². The molecule has 0 aromatic heterocycles. The molecule has 0 saturated carbocycles. The van der Waals surface area contributed by atoms with Crippen molar-refractivity contribution in [3.63, 3.8) is 0 Å². The zero-order valence-corrected chi connectivity index (χ0v) is 10.8. The summed E-state index contributed by atoms with van der Waals surface area (Å²) >= 11 is 0. The number of rotatable bonds is 6. The quantitative estimate of drug-likeness (QED) is 0.658. The van der Waals surface area contributed by atoms with E-state index in [0.29, 0.717) is 13.0 Å². The van der Waals surface area contributed by atoms with Crippen molar-refractivity contribution in [2.45, 2.75) is 26.5 Å². The van der Waals surface area contributed by atoms with E-state index in [-0.39, 0.29) is 18.4 Å². The van der Waals surface area contributed by atoms with Gasteiger partial charge in [-0.2, -0.15) is 8.42 Å². The number of carbonyl (C=O) groups is 1. The molecular weight excluding hydrogens is 246 g/mol. The lowest BCUT2D eigenvalue weighted by molar-refractivity contribution is -0.136. The van der Waals surface area contributed by atoms with Crippen LogP contribution in [0.3, 0.4) is 0 Å². The molecule has 1 rings (SSSR count). The van der Waals surface area contributed by atoms with E-state index in [9.17, 15) is 13.2 Å². The first-order chi connectivity index (χ1) is 7.91. The van der Waals surface area contributed by atoms with Gasteiger partial charge in [0.1, 0.15) is 0 Å². The Morgan fingerprint density at radius 1 is 1.65 bits per heavy atom. The Bertz CT molecular complexity index is 392. The van der Waals surface area contributed by atoms with Crippen LogP contribution in [0, 0.1) is 5.92 Å². The van der Waals surface area contributed by atoms with Crippen LogP contribution in [0.15, 0.2) is 12.7 Å². The molecule has 2 atom stereocenters. The lowest BCUT2D eigenvalue weighted by Gasteiger charge is -2.23. The van der Waals surface area contributed by atoms with E-state index in [2.05, 4.69) is 10.8 Å². The van der Waals surface area contributed by atoms with Crippen LogP contribution < -0.4 is 0 Å². The van der Waals surface area contributed by atoms with E-state index in [1.807, 2.05) is 0 Å². The predicted molar refractivity (Wildman–Crippen MR) is 61.1 cm³/mol. The first kappa shape index (κ1) is 14.1. The maximum atomic E-state index is 11.8. The Hall–Kier alpha value is -0.920. The number of hydrogen-bond acceptors (Lipinski definition) is 5. The minimum absolute atomic E-state index is 0.00170. The standard InChI is InChI=1S/C10H17NO5S/c1-4-9-6-7-11(10(9)12)8(3)16-17(13,14)15-5-2/h4,8-9H,1,5-7H2,2-3H3. The van der Waals surface area contributed by atoms with E-state index in [0.717, 1.165) is 0 Å². The van der Waals surface area contributed by atoms with Gasteiger partial charge in [0, 0.05) is 6.54 Å². The highest BCUT2D eigenvalue weighted by Gasteiger charge is 2.34. The van der Waals surface area contributed by atoms with Crippen LogP contribution in [0.4, 0.5) is 0 Å². The number of hydrogen-bond donors (Lipinski definition) is 0. The van der Waals surface area contributed by atoms with Gasteiger partial charge in [0.05, 0.1) is 12.5 Å². The van der Waals surface area contributed by atoms with Gasteiger partial charge < -0.3 is 4.90 Å². The minimum Gasteiger partial charge on any atom is -0.315 e. The molecular formula is C10H17NO5S. The van der Waals surface area contributed by atoms with Gasteiger partial charge in [0.15, 0.2) is 6.23 Å². The van der Waals surface area contributed by atoms with Crippen molar-refractivity contribution in [3.8, 4) is 0 Å². The van der Waals surface area contributed by atoms with E-state index >= 15 is 0 Å². The fraction of sp³-hybridized carbons (Fsp3) is 0.700. The summed E-state index contributed by atoms with van der Waals surface area (Å²) in [4.78, 5) is 13.1. The lowest BCUT2D eigenvalue weighted by Crippen LogP contribution is -2.38. The number of likely N-dealkylation sites (tertiary alicyclic amines) is 1. The third kappa shape index (κ3) is 3.52. The molecule has 1 saturated heterocycles. The topological polar surface area (TPSA) is 72.9 Å². The van der Waals surface area contributed by atoms with Gasteiger partial charge in [0.2, 0.25) is 5.91 Å². The van der Waals surface area contributed by atoms with Crippen LogP contribution in [0.1, 0.15) is 20.3 Å². The molecule has 0 aliphatic carbocycles. The largest absolute Gasteiger partial charge is 0.401 e. The Balaban J connectivity index is 2.63. The first-order valence-electron chi connectivity index (χ1n) is 5.42. The van der Waals surface area contributed by atoms with Gasteiger partial charge in [-0.25, -0.2) is 8.37 Å². The van der Waals surface area contributed by atoms with E-state index in [4.69, 9.17) is 4.18 Å². The smallest absolute Gasteiger partial charge is 0.315 e. The number of carbonyl (C=O) groups excluding carboxylic acids is 1. The first-order valence-corrected chi connectivity index (χ1v) is 6.75. The van der Waals surface area contributed by atoms with Crippen LogP contribution in [-0.2, 0) is 23.6 Å². The molecule has 1 heterocycles. The maximum Gasteiger partial charge on any atom is 0.401 e. The van der Waals surface area contributed by atoms with Crippen LogP contribution in [-0.4, -0.2) is 38.6 Å². The van der Waals surface area contributed by atoms with Gasteiger partial charge >= 0.3 is 10.4 Å². The van der Waals surface area contributed by atoms with Gasteiger partial charge in [-0.05, 0) is 20.3 Å². The Labute approximate surface area is 102 Å². The summed E-state index contributed by atoms with van der Waals surface area (Å²) in [6, 6.07) is 0. The van der Waals surface area contributed by atoms with Crippen molar-refractivity contribution >= 4 is 16.3 Å².